The summed E-state index contributed by atoms with van der Waals surface area (Å²) in [5.41, 5.74) is 0.175. The molecule has 0 saturated carbocycles. The number of hydrogen-bond donors (Lipinski definition) is 3. The van der Waals surface area contributed by atoms with E-state index < -0.39 is 10.0 Å². The van der Waals surface area contributed by atoms with Crippen LogP contribution in [-0.2, 0) is 10.0 Å². The number of benzene rings is 2. The van der Waals surface area contributed by atoms with Crippen LogP contribution < -0.4 is 4.83 Å². The maximum Gasteiger partial charge on any atom is 0.276 e. The topological polar surface area (TPSA) is 99.0 Å². The molecule has 2 aromatic carbocycles. The summed E-state index contributed by atoms with van der Waals surface area (Å²) in [4.78, 5) is 2.00. The lowest BCUT2D eigenvalue weighted by atomic mass is 10.2. The molecule has 2 aromatic rings. The number of nitrogens with one attached hydrogen (secondary N) is 1. The molecule has 0 atom stereocenters. The predicted octanol–water partition coefficient (Wildman–Crippen LogP) is 2.06. The molecule has 21 heavy (non-hydrogen) atoms. The Morgan fingerprint density at radius 1 is 1.10 bits per heavy atom. The summed E-state index contributed by atoms with van der Waals surface area (Å²) < 4.78 is 23.8. The number of sulfonamides is 1. The van der Waals surface area contributed by atoms with Gasteiger partial charge in [0.25, 0.3) is 10.0 Å². The third-order valence-electron chi connectivity index (χ3n) is 2.55. The Bertz CT molecular complexity index is 773. The third kappa shape index (κ3) is 3.65. The van der Waals surface area contributed by atoms with Crippen LogP contribution >= 0.6 is 11.6 Å². The van der Waals surface area contributed by atoms with E-state index in [9.17, 15) is 18.6 Å². The average molecular weight is 327 g/mol. The number of hydrogen-bond acceptors (Lipinski definition) is 5. The first-order chi connectivity index (χ1) is 9.90. The molecule has 0 aliphatic carbocycles. The number of rotatable bonds is 4. The van der Waals surface area contributed by atoms with Gasteiger partial charge in [0.15, 0.2) is 11.5 Å². The van der Waals surface area contributed by atoms with Crippen molar-refractivity contribution in [3.8, 4) is 11.5 Å². The number of hydrazone groups is 1. The minimum absolute atomic E-state index is 0.00387. The Balaban J connectivity index is 2.16. The van der Waals surface area contributed by atoms with Crippen LogP contribution in [0.3, 0.4) is 0 Å². The normalized spacial score (nSPS) is 11.7. The Hall–Kier alpha value is -2.25. The molecule has 0 amide bonds. The van der Waals surface area contributed by atoms with Gasteiger partial charge in [0.2, 0.25) is 0 Å². The van der Waals surface area contributed by atoms with Crippen molar-refractivity contribution in [3.05, 3.63) is 53.1 Å². The van der Waals surface area contributed by atoms with Gasteiger partial charge in [-0.3, -0.25) is 0 Å². The zero-order valence-electron chi connectivity index (χ0n) is 10.6. The second-order valence-electron chi connectivity index (χ2n) is 4.02. The minimum Gasteiger partial charge on any atom is -0.504 e. The summed E-state index contributed by atoms with van der Waals surface area (Å²) in [6.45, 7) is 0. The highest BCUT2D eigenvalue weighted by Gasteiger charge is 2.12. The Morgan fingerprint density at radius 2 is 1.76 bits per heavy atom. The maximum absolute atomic E-state index is 11.9. The van der Waals surface area contributed by atoms with Gasteiger partial charge >= 0.3 is 0 Å². The maximum atomic E-state index is 11.9. The van der Waals surface area contributed by atoms with Gasteiger partial charge < -0.3 is 10.2 Å². The van der Waals surface area contributed by atoms with Crippen LogP contribution in [0.2, 0.25) is 5.02 Å². The van der Waals surface area contributed by atoms with Crippen molar-refractivity contribution in [1.82, 2.24) is 4.83 Å². The SMILES string of the molecule is O=S(=O)(N/N=C\c1cccc(O)c1O)c1ccc(Cl)cc1. The molecule has 0 aliphatic heterocycles. The van der Waals surface area contributed by atoms with E-state index in [1.165, 1.54) is 42.5 Å². The Labute approximate surface area is 126 Å². The van der Waals surface area contributed by atoms with E-state index in [4.69, 9.17) is 11.6 Å². The van der Waals surface area contributed by atoms with Crippen molar-refractivity contribution in [2.75, 3.05) is 0 Å². The lowest BCUT2D eigenvalue weighted by Gasteiger charge is -2.04. The Morgan fingerprint density at radius 3 is 2.43 bits per heavy atom. The molecule has 0 fully saturated rings. The van der Waals surface area contributed by atoms with Gasteiger partial charge in [-0.2, -0.15) is 13.5 Å². The number of halogens is 1. The molecule has 6 nitrogen and oxygen atoms in total. The second-order valence-corrected chi connectivity index (χ2v) is 6.12. The van der Waals surface area contributed by atoms with Crippen molar-refractivity contribution in [1.29, 1.82) is 0 Å². The van der Waals surface area contributed by atoms with Crippen molar-refractivity contribution in [3.63, 3.8) is 0 Å². The molecule has 8 heteroatoms. The van der Waals surface area contributed by atoms with Gasteiger partial charge in [0, 0.05) is 10.6 Å². The van der Waals surface area contributed by atoms with Crippen molar-refractivity contribution in [2.45, 2.75) is 4.90 Å². The van der Waals surface area contributed by atoms with Crippen LogP contribution in [0.25, 0.3) is 0 Å². The quantitative estimate of drug-likeness (QED) is 0.455. The van der Waals surface area contributed by atoms with Crippen LogP contribution in [0.1, 0.15) is 5.56 Å². The van der Waals surface area contributed by atoms with Crippen LogP contribution in [0.4, 0.5) is 0 Å². The molecule has 110 valence electrons. The fraction of sp³-hybridized carbons (Fsp3) is 0. The molecule has 0 unspecified atom stereocenters. The van der Waals surface area contributed by atoms with Gasteiger partial charge in [-0.05, 0) is 36.4 Å². The zero-order valence-corrected chi connectivity index (χ0v) is 12.1. The van der Waals surface area contributed by atoms with Crippen LogP contribution in [0.5, 0.6) is 11.5 Å². The van der Waals surface area contributed by atoms with Gasteiger partial charge in [0.1, 0.15) is 0 Å². The molecule has 0 aliphatic rings. The van der Waals surface area contributed by atoms with Crippen LogP contribution in [0.15, 0.2) is 52.5 Å². The first-order valence-electron chi connectivity index (χ1n) is 5.71. The van der Waals surface area contributed by atoms with Crippen LogP contribution in [-0.4, -0.2) is 24.8 Å². The fourth-order valence-electron chi connectivity index (χ4n) is 1.48. The van der Waals surface area contributed by atoms with Crippen molar-refractivity contribution < 1.29 is 18.6 Å². The molecular weight excluding hydrogens is 316 g/mol. The lowest BCUT2D eigenvalue weighted by molar-refractivity contribution is 0.403. The van der Waals surface area contributed by atoms with E-state index in [1.54, 1.807) is 0 Å². The highest BCUT2D eigenvalue weighted by Crippen LogP contribution is 2.26. The lowest BCUT2D eigenvalue weighted by Crippen LogP contribution is -2.18. The molecule has 0 spiro atoms. The predicted molar refractivity (Wildman–Crippen MR) is 79.1 cm³/mol. The summed E-state index contributed by atoms with van der Waals surface area (Å²) in [5.74, 6) is -0.702. The number of phenols is 2. The first-order valence-corrected chi connectivity index (χ1v) is 7.57. The highest BCUT2D eigenvalue weighted by molar-refractivity contribution is 7.89. The largest absolute Gasteiger partial charge is 0.504 e. The van der Waals surface area contributed by atoms with Crippen molar-refractivity contribution >= 4 is 27.8 Å². The zero-order chi connectivity index (χ0) is 15.5. The second kappa shape index (κ2) is 6.02. The molecule has 0 aromatic heterocycles. The van der Waals surface area contributed by atoms with E-state index in [-0.39, 0.29) is 22.0 Å². The molecule has 0 radical (unpaired) electrons. The number of para-hydroxylation sites is 1. The Kier molecular flexibility index (Phi) is 4.35. The first kappa shape index (κ1) is 15.1. The van der Waals surface area contributed by atoms with E-state index in [0.717, 1.165) is 6.21 Å². The van der Waals surface area contributed by atoms with E-state index in [1.807, 2.05) is 4.83 Å². The summed E-state index contributed by atoms with van der Waals surface area (Å²) >= 11 is 5.68. The van der Waals surface area contributed by atoms with Crippen LogP contribution in [0, 0.1) is 0 Å². The average Bonchev–Trinajstić information content (AvgIpc) is 2.44. The number of phenolic OH excluding ortho intramolecular Hbond substituents is 2. The van der Waals surface area contributed by atoms with Gasteiger partial charge in [-0.25, -0.2) is 4.83 Å². The fourth-order valence-corrected chi connectivity index (χ4v) is 2.40. The van der Waals surface area contributed by atoms with Gasteiger partial charge in [-0.15, -0.1) is 0 Å². The van der Waals surface area contributed by atoms with E-state index >= 15 is 0 Å². The molecule has 0 heterocycles. The smallest absolute Gasteiger partial charge is 0.276 e. The highest BCUT2D eigenvalue weighted by atomic mass is 35.5. The van der Waals surface area contributed by atoms with Gasteiger partial charge in [0.05, 0.1) is 11.1 Å². The number of nitrogens with zero attached hydrogens (tertiary/aromatic N) is 1. The monoisotopic (exact) mass is 326 g/mol. The third-order valence-corrected chi connectivity index (χ3v) is 4.04. The standard InChI is InChI=1S/C13H11ClN2O4S/c14-10-4-6-11(7-5-10)21(19,20)16-15-8-9-2-1-3-12(17)13(9)18/h1-8,16-18H/b15-8-. The molecule has 0 bridgehead atoms. The van der Waals surface area contributed by atoms with E-state index in [2.05, 4.69) is 5.10 Å². The summed E-state index contributed by atoms with van der Waals surface area (Å²) in [6, 6.07) is 9.82. The molecule has 0 saturated heterocycles. The van der Waals surface area contributed by atoms with E-state index in [0.29, 0.717) is 5.02 Å². The number of aromatic hydroxyl groups is 2. The van der Waals surface area contributed by atoms with Crippen molar-refractivity contribution in [2.24, 2.45) is 5.10 Å². The minimum atomic E-state index is -3.82. The molecule has 2 rings (SSSR count). The molecular formula is C13H11ClN2O4S. The van der Waals surface area contributed by atoms with Gasteiger partial charge in [-0.1, -0.05) is 17.7 Å². The summed E-state index contributed by atoms with van der Waals surface area (Å²) in [6.07, 6.45) is 1.09. The summed E-state index contributed by atoms with van der Waals surface area (Å²) in [5, 5.41) is 22.8. The summed E-state index contributed by atoms with van der Waals surface area (Å²) in [7, 11) is -3.82. The molecule has 3 N–H and O–H groups in total.